The summed E-state index contributed by atoms with van der Waals surface area (Å²) >= 11 is 0. The van der Waals surface area contributed by atoms with E-state index < -0.39 is 68.9 Å². The molecule has 3 aromatic rings. The van der Waals surface area contributed by atoms with E-state index >= 15 is 0 Å². The summed E-state index contributed by atoms with van der Waals surface area (Å²) in [6.45, 7) is 1.45. The number of primary amides is 5. The third-order valence-electron chi connectivity index (χ3n) is 5.15. The van der Waals surface area contributed by atoms with E-state index in [4.69, 9.17) is 33.1 Å². The lowest BCUT2D eigenvalue weighted by atomic mass is 9.81. The van der Waals surface area contributed by atoms with E-state index in [1.807, 2.05) is 0 Å². The van der Waals surface area contributed by atoms with Crippen LogP contribution in [0, 0.1) is 6.92 Å². The number of carbonyl (C=O) groups excluding carboxylic acids is 5. The van der Waals surface area contributed by atoms with E-state index in [0.29, 0.717) is 0 Å². The number of carboxylic acid groups (broad SMARTS) is 1. The van der Waals surface area contributed by atoms with Crippen molar-refractivity contribution < 1.29 is 38.3 Å². The van der Waals surface area contributed by atoms with Crippen LogP contribution < -0.4 is 28.7 Å². The van der Waals surface area contributed by atoms with Crippen molar-refractivity contribution in [1.29, 1.82) is 0 Å². The van der Waals surface area contributed by atoms with Crippen molar-refractivity contribution >= 4 is 46.5 Å². The van der Waals surface area contributed by atoms with Crippen LogP contribution in [0.25, 0.3) is 22.1 Å². The summed E-state index contributed by atoms with van der Waals surface area (Å²) < 4.78 is 5.29. The molecule has 3 rings (SSSR count). The summed E-state index contributed by atoms with van der Waals surface area (Å²) in [7, 11) is 0. The quantitative estimate of drug-likeness (QED) is 0.265. The number of carbonyl (C=O) groups is 6. The molecule has 0 atom stereocenters. The van der Waals surface area contributed by atoms with Crippen LogP contribution in [0.5, 0.6) is 0 Å². The second-order valence-electron chi connectivity index (χ2n) is 7.14. The van der Waals surface area contributed by atoms with Crippen molar-refractivity contribution in [2.45, 2.75) is 6.92 Å². The zero-order valence-electron chi connectivity index (χ0n) is 17.4. The largest absolute Gasteiger partial charge is 0.475 e. The normalized spacial score (nSPS) is 10.7. The molecule has 0 spiro atoms. The Morgan fingerprint density at radius 1 is 0.706 bits per heavy atom. The van der Waals surface area contributed by atoms with E-state index in [0.717, 1.165) is 0 Å². The Morgan fingerprint density at radius 2 is 1.12 bits per heavy atom. The summed E-state index contributed by atoms with van der Waals surface area (Å²) in [5.41, 5.74) is 23.0. The molecule has 0 aliphatic rings. The first-order valence-corrected chi connectivity index (χ1v) is 9.29. The smallest absolute Gasteiger partial charge is 0.372 e. The van der Waals surface area contributed by atoms with E-state index in [9.17, 15) is 33.9 Å². The topological polar surface area (TPSA) is 266 Å². The molecule has 0 saturated carbocycles. The summed E-state index contributed by atoms with van der Waals surface area (Å²) in [5, 5.41) is 9.55. The number of benzene rings is 2. The van der Waals surface area contributed by atoms with Crippen LogP contribution in [0.1, 0.15) is 67.9 Å². The van der Waals surface area contributed by atoms with Gasteiger partial charge in [-0.05, 0) is 24.6 Å². The molecule has 0 aliphatic heterocycles. The molecule has 0 aliphatic carbocycles. The van der Waals surface area contributed by atoms with Crippen molar-refractivity contribution in [2.24, 2.45) is 28.7 Å². The van der Waals surface area contributed by atoms with Gasteiger partial charge in [0.2, 0.25) is 35.3 Å². The SMILES string of the molecule is Cc1c(C(=O)O)oc2ccc(-c3c(C(N)=O)c(C(N)=O)c(C(N)=O)c(C(N)=O)c3C(N)=O)cc12. The first-order valence-electron chi connectivity index (χ1n) is 9.29. The molecule has 1 heterocycles. The van der Waals surface area contributed by atoms with Crippen LogP contribution in [0.4, 0.5) is 0 Å². The maximum absolute atomic E-state index is 12.5. The lowest BCUT2D eigenvalue weighted by molar-refractivity contribution is 0.0663. The van der Waals surface area contributed by atoms with Crippen LogP contribution in [0.2, 0.25) is 0 Å². The highest BCUT2D eigenvalue weighted by molar-refractivity contribution is 6.25. The first kappa shape index (κ1) is 23.5. The predicted molar refractivity (Wildman–Crippen MR) is 116 cm³/mol. The Labute approximate surface area is 189 Å². The Balaban J connectivity index is 2.66. The monoisotopic (exact) mass is 467 g/mol. The molecule has 0 saturated heterocycles. The number of fused-ring (bicyclic) bond motifs is 1. The third-order valence-corrected chi connectivity index (χ3v) is 5.15. The highest BCUT2D eigenvalue weighted by atomic mass is 16.4. The number of aryl methyl sites for hydroxylation is 1. The molecule has 34 heavy (non-hydrogen) atoms. The Bertz CT molecular complexity index is 1430. The molecule has 2 aromatic carbocycles. The third kappa shape index (κ3) is 3.46. The number of amides is 5. The molecule has 13 nitrogen and oxygen atoms in total. The Hall–Kier alpha value is -5.20. The summed E-state index contributed by atoms with van der Waals surface area (Å²) in [6, 6.07) is 3.91. The Kier molecular flexibility index (Phi) is 5.56. The molecule has 13 heteroatoms. The van der Waals surface area contributed by atoms with Gasteiger partial charge in [-0.3, -0.25) is 24.0 Å². The van der Waals surface area contributed by atoms with Gasteiger partial charge in [0.25, 0.3) is 0 Å². The molecule has 0 fully saturated rings. The van der Waals surface area contributed by atoms with E-state index in [-0.39, 0.29) is 27.9 Å². The molecule has 5 amide bonds. The zero-order valence-corrected chi connectivity index (χ0v) is 17.4. The average Bonchev–Trinajstić information content (AvgIpc) is 3.07. The number of hydrogen-bond donors (Lipinski definition) is 6. The van der Waals surface area contributed by atoms with Gasteiger partial charge in [-0.15, -0.1) is 0 Å². The van der Waals surface area contributed by atoms with Crippen molar-refractivity contribution in [1.82, 2.24) is 0 Å². The summed E-state index contributed by atoms with van der Waals surface area (Å²) in [4.78, 5) is 73.1. The predicted octanol–water partition coefficient (Wildman–Crippen LogP) is -0.399. The second kappa shape index (κ2) is 8.05. The molecule has 174 valence electrons. The number of rotatable bonds is 7. The van der Waals surface area contributed by atoms with Crippen molar-refractivity contribution in [2.75, 3.05) is 0 Å². The average molecular weight is 467 g/mol. The van der Waals surface area contributed by atoms with Gasteiger partial charge in [0.05, 0.1) is 27.8 Å². The fourth-order valence-corrected chi connectivity index (χ4v) is 3.85. The van der Waals surface area contributed by atoms with Crippen molar-refractivity contribution in [3.8, 4) is 11.1 Å². The van der Waals surface area contributed by atoms with Gasteiger partial charge in [-0.25, -0.2) is 4.79 Å². The van der Waals surface area contributed by atoms with Crippen molar-refractivity contribution in [3.05, 3.63) is 57.3 Å². The molecular formula is C21H17N5O8. The van der Waals surface area contributed by atoms with Crippen LogP contribution in [-0.2, 0) is 0 Å². The minimum Gasteiger partial charge on any atom is -0.475 e. The lowest BCUT2D eigenvalue weighted by Crippen LogP contribution is -2.34. The van der Waals surface area contributed by atoms with E-state index in [1.165, 1.54) is 25.1 Å². The van der Waals surface area contributed by atoms with Crippen LogP contribution >= 0.6 is 0 Å². The molecule has 11 N–H and O–H groups in total. The lowest BCUT2D eigenvalue weighted by Gasteiger charge is -2.20. The summed E-state index contributed by atoms with van der Waals surface area (Å²) in [6.07, 6.45) is 0. The number of carboxylic acids is 1. The van der Waals surface area contributed by atoms with Gasteiger partial charge in [0, 0.05) is 16.5 Å². The van der Waals surface area contributed by atoms with Gasteiger partial charge >= 0.3 is 5.97 Å². The standard InChI is InChI=1S/C21H17N5O8/c1-5-7-4-6(2-3-8(7)34-15(5)21(32)33)9-10(16(22)27)12(18(24)29)14(20(26)31)13(19(25)30)11(9)17(23)28/h2-4H,1H3,(H2,22,27)(H2,23,28)(H2,24,29)(H2,25,30)(H2,26,31)(H,32,33). The summed E-state index contributed by atoms with van der Waals surface area (Å²) in [5.74, 6) is -8.44. The molecule has 0 unspecified atom stereocenters. The minimum absolute atomic E-state index is 0.0167. The number of nitrogens with two attached hydrogens (primary N) is 5. The van der Waals surface area contributed by atoms with E-state index in [2.05, 4.69) is 0 Å². The van der Waals surface area contributed by atoms with Gasteiger partial charge in [0.15, 0.2) is 0 Å². The van der Waals surface area contributed by atoms with Gasteiger partial charge in [-0.2, -0.15) is 0 Å². The van der Waals surface area contributed by atoms with Crippen LogP contribution in [0.3, 0.4) is 0 Å². The Morgan fingerprint density at radius 3 is 1.50 bits per heavy atom. The maximum Gasteiger partial charge on any atom is 0.372 e. The van der Waals surface area contributed by atoms with Gasteiger partial charge in [0.1, 0.15) is 5.58 Å². The zero-order chi connectivity index (χ0) is 25.6. The molecule has 1 aromatic heterocycles. The molecule has 0 radical (unpaired) electrons. The van der Waals surface area contributed by atoms with E-state index in [1.54, 1.807) is 0 Å². The van der Waals surface area contributed by atoms with Gasteiger partial charge < -0.3 is 38.2 Å². The van der Waals surface area contributed by atoms with Crippen molar-refractivity contribution in [3.63, 3.8) is 0 Å². The highest BCUT2D eigenvalue weighted by Gasteiger charge is 2.35. The van der Waals surface area contributed by atoms with Crippen LogP contribution in [0.15, 0.2) is 22.6 Å². The fraction of sp³-hybridized carbons (Fsp3) is 0.0476. The second-order valence-corrected chi connectivity index (χ2v) is 7.14. The maximum atomic E-state index is 12.5. The van der Waals surface area contributed by atoms with Crippen LogP contribution in [-0.4, -0.2) is 40.6 Å². The number of hydrogen-bond acceptors (Lipinski definition) is 7. The first-order chi connectivity index (χ1) is 15.8. The fourth-order valence-electron chi connectivity index (χ4n) is 3.85. The minimum atomic E-state index is -1.40. The molecule has 0 bridgehead atoms. The molecular weight excluding hydrogens is 450 g/mol. The highest BCUT2D eigenvalue weighted by Crippen LogP contribution is 2.38. The number of furan rings is 1. The van der Waals surface area contributed by atoms with Gasteiger partial charge in [-0.1, -0.05) is 6.07 Å². The number of aromatic carboxylic acids is 1.